The van der Waals surface area contributed by atoms with Gasteiger partial charge in [-0.1, -0.05) is 18.2 Å². The molecule has 2 N–H and O–H groups in total. The van der Waals surface area contributed by atoms with Crippen LogP contribution in [0.15, 0.2) is 36.4 Å². The summed E-state index contributed by atoms with van der Waals surface area (Å²) in [7, 11) is 1.64. The van der Waals surface area contributed by atoms with Crippen LogP contribution in [0.2, 0.25) is 0 Å². The quantitative estimate of drug-likeness (QED) is 0.909. The largest absolute Gasteiger partial charge is 0.497 e. The number of hydrogen-bond donors (Lipinski definition) is 1. The zero-order valence-corrected chi connectivity index (χ0v) is 11.7. The van der Waals surface area contributed by atoms with Gasteiger partial charge in [-0.3, -0.25) is 0 Å². The molecule has 0 spiro atoms. The van der Waals surface area contributed by atoms with E-state index in [0.29, 0.717) is 5.56 Å². The number of halogens is 1. The lowest BCUT2D eigenvalue weighted by Crippen LogP contribution is -2.35. The molecule has 0 amide bonds. The number of hydrogen-bond acceptors (Lipinski definition) is 2. The number of rotatable bonds is 2. The average Bonchev–Trinajstić information content (AvgIpc) is 2.80. The van der Waals surface area contributed by atoms with Crippen LogP contribution in [0.5, 0.6) is 5.75 Å². The summed E-state index contributed by atoms with van der Waals surface area (Å²) in [5.41, 5.74) is 9.71. The highest BCUT2D eigenvalue weighted by molar-refractivity contribution is 5.50. The molecule has 1 aliphatic carbocycles. The molecule has 0 saturated carbocycles. The maximum atomic E-state index is 13.8. The average molecular weight is 271 g/mol. The molecule has 0 aromatic heterocycles. The number of aryl methyl sites for hydroxylation is 2. The second kappa shape index (κ2) is 4.60. The van der Waals surface area contributed by atoms with E-state index >= 15 is 0 Å². The van der Waals surface area contributed by atoms with Crippen molar-refractivity contribution >= 4 is 0 Å². The first-order chi connectivity index (χ1) is 9.54. The van der Waals surface area contributed by atoms with Crippen LogP contribution in [0.1, 0.15) is 28.7 Å². The first-order valence-corrected chi connectivity index (χ1v) is 6.77. The standard InChI is InChI=1S/C17H18FNO/c1-11-3-5-13(9-16(11)18)17(19)8-7-12-4-6-14(20-2)10-15(12)17/h3-6,9-10H,7-8,19H2,1-2H3. The van der Waals surface area contributed by atoms with Crippen LogP contribution < -0.4 is 10.5 Å². The van der Waals surface area contributed by atoms with Gasteiger partial charge in [-0.05, 0) is 60.2 Å². The molecule has 0 saturated heterocycles. The van der Waals surface area contributed by atoms with Gasteiger partial charge in [0.05, 0.1) is 12.6 Å². The zero-order chi connectivity index (χ0) is 14.3. The molecule has 2 nitrogen and oxygen atoms in total. The van der Waals surface area contributed by atoms with E-state index in [2.05, 4.69) is 0 Å². The van der Waals surface area contributed by atoms with Crippen molar-refractivity contribution < 1.29 is 9.13 Å². The van der Waals surface area contributed by atoms with E-state index in [-0.39, 0.29) is 5.82 Å². The molecule has 20 heavy (non-hydrogen) atoms. The van der Waals surface area contributed by atoms with Crippen molar-refractivity contribution in [2.45, 2.75) is 25.3 Å². The van der Waals surface area contributed by atoms with Gasteiger partial charge in [-0.25, -0.2) is 4.39 Å². The summed E-state index contributed by atoms with van der Waals surface area (Å²) in [6.07, 6.45) is 1.70. The number of fused-ring (bicyclic) bond motifs is 1. The van der Waals surface area contributed by atoms with Gasteiger partial charge in [0.25, 0.3) is 0 Å². The Labute approximate surface area is 118 Å². The normalized spacial score (nSPS) is 20.8. The lowest BCUT2D eigenvalue weighted by atomic mass is 9.84. The Morgan fingerprint density at radius 3 is 2.70 bits per heavy atom. The molecule has 0 radical (unpaired) electrons. The van der Waals surface area contributed by atoms with Crippen molar-refractivity contribution in [3.05, 3.63) is 64.5 Å². The fourth-order valence-corrected chi connectivity index (χ4v) is 2.95. The molecular weight excluding hydrogens is 253 g/mol. The summed E-state index contributed by atoms with van der Waals surface area (Å²) in [5, 5.41) is 0. The van der Waals surface area contributed by atoms with E-state index in [0.717, 1.165) is 29.7 Å². The third kappa shape index (κ3) is 1.90. The molecule has 1 atom stereocenters. The number of methoxy groups -OCH3 is 1. The summed E-state index contributed by atoms with van der Waals surface area (Å²) in [4.78, 5) is 0. The third-order valence-corrected chi connectivity index (χ3v) is 4.27. The third-order valence-electron chi connectivity index (χ3n) is 4.27. The summed E-state index contributed by atoms with van der Waals surface area (Å²) >= 11 is 0. The van der Waals surface area contributed by atoms with Crippen molar-refractivity contribution in [3.8, 4) is 5.75 Å². The maximum absolute atomic E-state index is 13.8. The first kappa shape index (κ1) is 13.1. The SMILES string of the molecule is COc1ccc2c(c1)C(N)(c1ccc(C)c(F)c1)CC2. The highest BCUT2D eigenvalue weighted by atomic mass is 19.1. The molecule has 2 aromatic rings. The van der Waals surface area contributed by atoms with E-state index in [1.807, 2.05) is 24.3 Å². The van der Waals surface area contributed by atoms with E-state index in [1.54, 1.807) is 26.2 Å². The molecule has 3 rings (SSSR count). The number of nitrogens with two attached hydrogens (primary N) is 1. The Bertz CT molecular complexity index is 668. The Hall–Kier alpha value is -1.87. The predicted octanol–water partition coefficient (Wildman–Crippen LogP) is 3.29. The second-order valence-corrected chi connectivity index (χ2v) is 5.46. The smallest absolute Gasteiger partial charge is 0.126 e. The Morgan fingerprint density at radius 2 is 2.00 bits per heavy atom. The van der Waals surface area contributed by atoms with E-state index in [4.69, 9.17) is 10.5 Å². The molecule has 2 aromatic carbocycles. The van der Waals surface area contributed by atoms with Crippen molar-refractivity contribution in [3.63, 3.8) is 0 Å². The zero-order valence-electron chi connectivity index (χ0n) is 11.7. The minimum atomic E-state index is -0.627. The van der Waals surface area contributed by atoms with Gasteiger partial charge in [0.15, 0.2) is 0 Å². The van der Waals surface area contributed by atoms with Crippen molar-refractivity contribution in [2.75, 3.05) is 7.11 Å². The van der Waals surface area contributed by atoms with Crippen molar-refractivity contribution in [1.29, 1.82) is 0 Å². The summed E-state index contributed by atoms with van der Waals surface area (Å²) in [6, 6.07) is 11.2. The van der Waals surface area contributed by atoms with E-state index < -0.39 is 5.54 Å². The lowest BCUT2D eigenvalue weighted by Gasteiger charge is -2.26. The molecule has 3 heteroatoms. The second-order valence-electron chi connectivity index (χ2n) is 5.46. The molecule has 104 valence electrons. The van der Waals surface area contributed by atoms with Crippen LogP contribution in [0.3, 0.4) is 0 Å². The fourth-order valence-electron chi connectivity index (χ4n) is 2.95. The van der Waals surface area contributed by atoms with Crippen LogP contribution in [0.4, 0.5) is 4.39 Å². The molecule has 1 aliphatic rings. The lowest BCUT2D eigenvalue weighted by molar-refractivity contribution is 0.413. The van der Waals surface area contributed by atoms with Gasteiger partial charge >= 0.3 is 0 Å². The summed E-state index contributed by atoms with van der Waals surface area (Å²) in [6.45, 7) is 1.76. The van der Waals surface area contributed by atoms with Gasteiger partial charge in [0.2, 0.25) is 0 Å². The van der Waals surface area contributed by atoms with Gasteiger partial charge in [0, 0.05) is 0 Å². The summed E-state index contributed by atoms with van der Waals surface area (Å²) in [5.74, 6) is 0.580. The minimum Gasteiger partial charge on any atom is -0.497 e. The van der Waals surface area contributed by atoms with Crippen LogP contribution in [0, 0.1) is 12.7 Å². The highest BCUT2D eigenvalue weighted by Crippen LogP contribution is 2.41. The minimum absolute atomic E-state index is 0.205. The van der Waals surface area contributed by atoms with Crippen LogP contribution >= 0.6 is 0 Å². The summed E-state index contributed by atoms with van der Waals surface area (Å²) < 4.78 is 19.1. The maximum Gasteiger partial charge on any atom is 0.126 e. The van der Waals surface area contributed by atoms with Gasteiger partial charge < -0.3 is 10.5 Å². The fraction of sp³-hybridized carbons (Fsp3) is 0.294. The van der Waals surface area contributed by atoms with Crippen molar-refractivity contribution in [2.24, 2.45) is 5.73 Å². The van der Waals surface area contributed by atoms with Crippen LogP contribution in [-0.4, -0.2) is 7.11 Å². The van der Waals surface area contributed by atoms with Gasteiger partial charge in [-0.2, -0.15) is 0 Å². The van der Waals surface area contributed by atoms with E-state index in [1.165, 1.54) is 5.56 Å². The highest BCUT2D eigenvalue weighted by Gasteiger charge is 2.37. The van der Waals surface area contributed by atoms with Gasteiger partial charge in [-0.15, -0.1) is 0 Å². The molecule has 1 unspecified atom stereocenters. The Balaban J connectivity index is 2.13. The molecule has 0 aliphatic heterocycles. The topological polar surface area (TPSA) is 35.2 Å². The number of ether oxygens (including phenoxy) is 1. The van der Waals surface area contributed by atoms with Crippen molar-refractivity contribution in [1.82, 2.24) is 0 Å². The number of benzene rings is 2. The van der Waals surface area contributed by atoms with Crippen LogP contribution in [0.25, 0.3) is 0 Å². The Morgan fingerprint density at radius 1 is 1.20 bits per heavy atom. The monoisotopic (exact) mass is 271 g/mol. The molecular formula is C17H18FNO. The van der Waals surface area contributed by atoms with Crippen LogP contribution in [-0.2, 0) is 12.0 Å². The molecule has 0 heterocycles. The first-order valence-electron chi connectivity index (χ1n) is 6.77. The van der Waals surface area contributed by atoms with E-state index in [9.17, 15) is 4.39 Å². The molecule has 0 bridgehead atoms. The van der Waals surface area contributed by atoms with Gasteiger partial charge in [0.1, 0.15) is 11.6 Å². The Kier molecular flexibility index (Phi) is 3.02. The molecule has 0 fully saturated rings. The predicted molar refractivity (Wildman–Crippen MR) is 77.4 cm³/mol.